The van der Waals surface area contributed by atoms with Gasteiger partial charge in [0.05, 0.1) is 46.0 Å². The van der Waals surface area contributed by atoms with Gasteiger partial charge in [0.1, 0.15) is 35.3 Å². The number of nitrogens with zero attached hydrogens (tertiary/aromatic N) is 3. The molecular weight excluding hydrogens is 609 g/mol. The average molecular weight is 652 g/mol. The van der Waals surface area contributed by atoms with Crippen LogP contribution in [0.3, 0.4) is 0 Å². The third-order valence-corrected chi connectivity index (χ3v) is 11.1. The number of nitrogens with one attached hydrogen (secondary N) is 1. The molecule has 3 aromatic rings. The van der Waals surface area contributed by atoms with Gasteiger partial charge in [-0.15, -0.1) is 0 Å². The van der Waals surface area contributed by atoms with Crippen LogP contribution in [0, 0.1) is 5.92 Å². The Morgan fingerprint density at radius 1 is 1.24 bits per heavy atom. The molecule has 1 aromatic carbocycles. The number of anilines is 2. The predicted octanol–water partition coefficient (Wildman–Crippen LogP) is 5.66. The van der Waals surface area contributed by atoms with E-state index >= 15 is 0 Å². The van der Waals surface area contributed by atoms with Gasteiger partial charge in [-0.05, 0) is 88.1 Å². The van der Waals surface area contributed by atoms with E-state index in [0.29, 0.717) is 54.6 Å². The van der Waals surface area contributed by atoms with Gasteiger partial charge in [-0.25, -0.2) is 23.4 Å². The fraction of sp³-hybridized carbons (Fsp3) is 0.529. The molecule has 0 radical (unpaired) electrons. The maximum absolute atomic E-state index is 13.4. The van der Waals surface area contributed by atoms with E-state index in [4.69, 9.17) is 24.6 Å². The largest absolute Gasteiger partial charge is 0.486 e. The van der Waals surface area contributed by atoms with Gasteiger partial charge in [0.2, 0.25) is 5.91 Å². The van der Waals surface area contributed by atoms with Crippen molar-refractivity contribution >= 4 is 45.3 Å². The van der Waals surface area contributed by atoms with Crippen LogP contribution in [0.4, 0.5) is 16.0 Å². The number of rotatable bonds is 10. The van der Waals surface area contributed by atoms with Crippen LogP contribution in [0.15, 0.2) is 36.5 Å². The summed E-state index contributed by atoms with van der Waals surface area (Å²) in [6, 6.07) is 9.39. The minimum atomic E-state index is -1.51. The van der Waals surface area contributed by atoms with Crippen LogP contribution < -0.4 is 15.2 Å². The Labute approximate surface area is 271 Å². The summed E-state index contributed by atoms with van der Waals surface area (Å²) in [6.07, 6.45) is 2.26. The van der Waals surface area contributed by atoms with Crippen molar-refractivity contribution in [2.75, 3.05) is 18.4 Å². The third-order valence-electron chi connectivity index (χ3n) is 9.80. The van der Waals surface area contributed by atoms with Crippen LogP contribution in [-0.2, 0) is 20.5 Å². The molecule has 5 atom stereocenters. The first-order valence-corrected chi connectivity index (χ1v) is 17.1. The van der Waals surface area contributed by atoms with Gasteiger partial charge < -0.3 is 19.7 Å². The van der Waals surface area contributed by atoms with Crippen molar-refractivity contribution in [3.8, 4) is 5.75 Å². The Kier molecular flexibility index (Phi) is 8.33. The highest BCUT2D eigenvalue weighted by Crippen LogP contribution is 2.41. The van der Waals surface area contributed by atoms with Crippen molar-refractivity contribution < 1.29 is 27.7 Å². The second-order valence-corrected chi connectivity index (χ2v) is 15.6. The molecule has 2 aliphatic heterocycles. The number of benzene rings is 1. The first-order chi connectivity index (χ1) is 21.7. The van der Waals surface area contributed by atoms with Gasteiger partial charge in [0, 0.05) is 17.5 Å². The smallest absolute Gasteiger partial charge is 0.340 e. The lowest BCUT2D eigenvalue weighted by Crippen LogP contribution is -2.56. The van der Waals surface area contributed by atoms with Gasteiger partial charge >= 0.3 is 5.97 Å². The Morgan fingerprint density at radius 2 is 1.96 bits per heavy atom. The number of nitrogens with two attached hydrogens (primary N) is 1. The molecule has 1 unspecified atom stereocenters. The zero-order valence-corrected chi connectivity index (χ0v) is 27.9. The first kappa shape index (κ1) is 32.3. The Bertz CT molecular complexity index is 1730. The minimum Gasteiger partial charge on any atom is -0.486 e. The normalized spacial score (nSPS) is 23.6. The molecule has 12 heteroatoms. The zero-order chi connectivity index (χ0) is 33.1. The lowest BCUT2D eigenvalue weighted by molar-refractivity contribution is -0.141. The zero-order valence-electron chi connectivity index (χ0n) is 27.1. The molecule has 3 N–H and O–H groups in total. The van der Waals surface area contributed by atoms with E-state index in [2.05, 4.69) is 12.2 Å². The van der Waals surface area contributed by atoms with Gasteiger partial charge in [-0.2, -0.15) is 0 Å². The Balaban J connectivity index is 1.32. The summed E-state index contributed by atoms with van der Waals surface area (Å²) >= 11 is 0. The van der Waals surface area contributed by atoms with Crippen molar-refractivity contribution in [3.05, 3.63) is 53.3 Å². The number of hydrogen-bond acceptors (Lipinski definition) is 8. The summed E-state index contributed by atoms with van der Waals surface area (Å²) in [7, 11) is -1.51. The molecule has 1 saturated carbocycles. The fourth-order valence-corrected chi connectivity index (χ4v) is 6.69. The molecular formula is C34H42FN5O5S. The Hall–Kier alpha value is -3.64. The summed E-state index contributed by atoms with van der Waals surface area (Å²) < 4.78 is 37.2. The number of fused-ring (bicyclic) bond motifs is 2. The van der Waals surface area contributed by atoms with E-state index < -0.39 is 33.4 Å². The van der Waals surface area contributed by atoms with E-state index in [0.717, 1.165) is 22.8 Å². The monoisotopic (exact) mass is 651 g/mol. The molecule has 2 aromatic heterocycles. The molecule has 0 spiro atoms. The number of hydrogen-bond donors (Lipinski definition) is 2. The second-order valence-electron chi connectivity index (χ2n) is 13.9. The predicted molar refractivity (Wildman–Crippen MR) is 175 cm³/mol. The number of halogens is 1. The molecule has 10 nitrogen and oxygen atoms in total. The Morgan fingerprint density at radius 3 is 2.61 bits per heavy atom. The van der Waals surface area contributed by atoms with Crippen molar-refractivity contribution in [2.24, 2.45) is 11.1 Å². The summed E-state index contributed by atoms with van der Waals surface area (Å²) in [5, 5.41) is 10.9. The minimum absolute atomic E-state index is 0.0502. The third kappa shape index (κ3) is 6.09. The molecule has 246 valence electrons. The lowest BCUT2D eigenvalue weighted by Gasteiger charge is -2.39. The molecule has 1 aliphatic carbocycles. The molecule has 2 fully saturated rings. The molecule has 1 saturated heterocycles. The summed E-state index contributed by atoms with van der Waals surface area (Å²) in [5.74, 6) is 0.670. The maximum atomic E-state index is 13.4. The summed E-state index contributed by atoms with van der Waals surface area (Å²) in [6.45, 7) is 12.5. The number of ether oxygens (including phenoxy) is 2. The van der Waals surface area contributed by atoms with Crippen LogP contribution >= 0.6 is 0 Å². The van der Waals surface area contributed by atoms with Gasteiger partial charge in [0.25, 0.3) is 0 Å². The number of carbonyl (C=O) groups is 2. The summed E-state index contributed by atoms with van der Waals surface area (Å²) in [4.78, 5) is 36.2. The highest BCUT2D eigenvalue weighted by molar-refractivity contribution is 7.84. The standard InChI is InChI=1S/C34H42FN5O5S/c1-7-19(14-33(3,4)46(36)43)21-8-10-27(44-20-16-40(17-20)31(41)24-12-26(24)35)25-15-37-29(13-23(21)25)38-28-11-9-22-30(39-28)18(2)34(5,6)45-32(22)42/h8-11,13,15,18-20,24,26H,7,12,14,16-17,36H2,1-6H3,(H,37,38,39)/t18-,19+,24-,26+,46?/m1/s1. The fourth-order valence-electron chi connectivity index (χ4n) is 6.33. The van der Waals surface area contributed by atoms with Crippen LogP contribution in [0.1, 0.15) is 94.3 Å². The summed E-state index contributed by atoms with van der Waals surface area (Å²) in [5.41, 5.74) is 1.50. The van der Waals surface area contributed by atoms with Crippen molar-refractivity contribution in [2.45, 2.75) is 95.3 Å². The number of aromatic nitrogens is 2. The SMILES string of the molecule is CC[C@@H](CC(C)(C)S(N)=O)c1ccc(OC2CN(C(=O)[C@@H]3C[C@@H]3F)C2)c2cnc(Nc3ccc4c(n3)[C@@H](C)C(C)(C)OC4=O)cc12. The molecule has 4 heterocycles. The quantitative estimate of drug-likeness (QED) is 0.268. The highest BCUT2D eigenvalue weighted by atomic mass is 32.2. The molecule has 6 rings (SSSR count). The second kappa shape index (κ2) is 11.9. The highest BCUT2D eigenvalue weighted by Gasteiger charge is 2.48. The number of pyridine rings is 2. The van der Waals surface area contributed by atoms with E-state index in [1.54, 1.807) is 23.2 Å². The first-order valence-electron chi connectivity index (χ1n) is 15.9. The molecule has 46 heavy (non-hydrogen) atoms. The van der Waals surface area contributed by atoms with Crippen LogP contribution in [-0.4, -0.2) is 66.7 Å². The number of alkyl halides is 1. The van der Waals surface area contributed by atoms with E-state index in [1.807, 2.05) is 52.8 Å². The van der Waals surface area contributed by atoms with Gasteiger partial charge in [-0.1, -0.05) is 19.9 Å². The van der Waals surface area contributed by atoms with Crippen LogP contribution in [0.25, 0.3) is 10.8 Å². The van der Waals surface area contributed by atoms with Crippen LogP contribution in [0.2, 0.25) is 0 Å². The average Bonchev–Trinajstić information content (AvgIpc) is 3.72. The number of carbonyl (C=O) groups excluding carboxylic acids is 2. The number of amides is 1. The van der Waals surface area contributed by atoms with Crippen molar-refractivity contribution in [3.63, 3.8) is 0 Å². The number of esters is 1. The van der Waals surface area contributed by atoms with Crippen molar-refractivity contribution in [1.82, 2.24) is 14.9 Å². The molecule has 0 bridgehead atoms. The van der Waals surface area contributed by atoms with Gasteiger partial charge in [0.15, 0.2) is 0 Å². The number of likely N-dealkylation sites (tertiary alicyclic amines) is 1. The van der Waals surface area contributed by atoms with E-state index in [-0.39, 0.29) is 29.8 Å². The molecule has 3 aliphatic rings. The lowest BCUT2D eigenvalue weighted by atomic mass is 9.84. The van der Waals surface area contributed by atoms with Crippen LogP contribution in [0.5, 0.6) is 5.75 Å². The van der Waals surface area contributed by atoms with Crippen molar-refractivity contribution in [1.29, 1.82) is 0 Å². The van der Waals surface area contributed by atoms with Gasteiger partial charge in [-0.3, -0.25) is 9.93 Å². The number of cyclic esters (lactones) is 1. The van der Waals surface area contributed by atoms with E-state index in [1.165, 1.54) is 0 Å². The van der Waals surface area contributed by atoms with E-state index in [9.17, 15) is 18.2 Å². The topological polar surface area (TPSA) is 137 Å². The maximum Gasteiger partial charge on any atom is 0.340 e. The molecule has 1 amide bonds.